The van der Waals surface area contributed by atoms with Gasteiger partial charge in [0.15, 0.2) is 0 Å². The third kappa shape index (κ3) is 8.78. The maximum absolute atomic E-state index is 12.3. The number of hydrogen-bond acceptors (Lipinski definition) is 3. The van der Waals surface area contributed by atoms with Gasteiger partial charge in [-0.05, 0) is 69.2 Å². The van der Waals surface area contributed by atoms with E-state index >= 15 is 0 Å². The van der Waals surface area contributed by atoms with Crippen LogP contribution in [0.25, 0.3) is 0 Å². The number of hydrogen-bond donors (Lipinski definition) is 1. The molecule has 0 unspecified atom stereocenters. The Balaban J connectivity index is 2.74. The lowest BCUT2D eigenvalue weighted by Gasteiger charge is -2.33. The van der Waals surface area contributed by atoms with E-state index in [4.69, 9.17) is 0 Å². The first-order valence-electron chi connectivity index (χ1n) is 9.46. The zero-order valence-electron chi connectivity index (χ0n) is 18.1. The molecule has 0 radical (unpaired) electrons. The third-order valence-electron chi connectivity index (χ3n) is 4.11. The van der Waals surface area contributed by atoms with Gasteiger partial charge in [-0.3, -0.25) is 9.10 Å². The van der Waals surface area contributed by atoms with Gasteiger partial charge >= 0.3 is 0 Å². The van der Waals surface area contributed by atoms with E-state index in [2.05, 4.69) is 26.1 Å². The summed E-state index contributed by atoms with van der Waals surface area (Å²) in [4.78, 5) is 12.3. The van der Waals surface area contributed by atoms with Crippen molar-refractivity contribution < 1.29 is 13.2 Å². The summed E-state index contributed by atoms with van der Waals surface area (Å²) in [6.07, 6.45) is 2.84. The Morgan fingerprint density at radius 1 is 1.04 bits per heavy atom. The number of aryl methyl sites for hydroxylation is 2. The van der Waals surface area contributed by atoms with E-state index in [1.54, 1.807) is 0 Å². The average Bonchev–Trinajstić information content (AvgIpc) is 2.37. The summed E-state index contributed by atoms with van der Waals surface area (Å²) in [7, 11) is -3.41. The first-order chi connectivity index (χ1) is 12.1. The third-order valence-corrected chi connectivity index (χ3v) is 5.30. The van der Waals surface area contributed by atoms with Crippen LogP contribution in [-0.4, -0.2) is 32.7 Å². The van der Waals surface area contributed by atoms with Crippen LogP contribution in [0, 0.1) is 19.3 Å². The molecule has 1 N–H and O–H groups in total. The van der Waals surface area contributed by atoms with E-state index in [-0.39, 0.29) is 23.4 Å². The molecule has 0 saturated heterocycles. The van der Waals surface area contributed by atoms with Crippen molar-refractivity contribution in [2.75, 3.05) is 17.1 Å². The van der Waals surface area contributed by atoms with E-state index in [0.29, 0.717) is 18.5 Å². The van der Waals surface area contributed by atoms with Crippen LogP contribution in [0.3, 0.4) is 0 Å². The highest BCUT2D eigenvalue weighted by Crippen LogP contribution is 2.27. The van der Waals surface area contributed by atoms with Gasteiger partial charge in [-0.15, -0.1) is 0 Å². The normalized spacial score (nSPS) is 12.7. The van der Waals surface area contributed by atoms with Crippen molar-refractivity contribution >= 4 is 21.6 Å². The molecular weight excluding hydrogens is 360 g/mol. The Kier molecular flexibility index (Phi) is 7.51. The van der Waals surface area contributed by atoms with Gasteiger partial charge < -0.3 is 5.32 Å². The van der Waals surface area contributed by atoms with Gasteiger partial charge in [0, 0.05) is 18.5 Å². The van der Waals surface area contributed by atoms with Crippen LogP contribution in [0.5, 0.6) is 0 Å². The summed E-state index contributed by atoms with van der Waals surface area (Å²) in [6, 6.07) is 5.73. The van der Waals surface area contributed by atoms with Crippen molar-refractivity contribution in [2.24, 2.45) is 5.41 Å². The number of sulfonamides is 1. The molecule has 0 aromatic heterocycles. The molecule has 1 rings (SSSR count). The Morgan fingerprint density at radius 2 is 1.56 bits per heavy atom. The maximum atomic E-state index is 12.3. The van der Waals surface area contributed by atoms with Crippen LogP contribution in [0.2, 0.25) is 0 Å². The number of carbonyl (C=O) groups excluding carboxylic acids is 1. The molecule has 0 bridgehead atoms. The zero-order valence-corrected chi connectivity index (χ0v) is 19.0. The van der Waals surface area contributed by atoms with Crippen LogP contribution in [0.15, 0.2) is 18.2 Å². The minimum Gasteiger partial charge on any atom is -0.351 e. The van der Waals surface area contributed by atoms with Crippen molar-refractivity contribution in [3.63, 3.8) is 0 Å². The van der Waals surface area contributed by atoms with Crippen molar-refractivity contribution in [3.8, 4) is 0 Å². The molecule has 0 aliphatic rings. The molecule has 1 amide bonds. The second kappa shape index (κ2) is 8.63. The Morgan fingerprint density at radius 3 is 2.00 bits per heavy atom. The molecule has 1 aromatic carbocycles. The summed E-state index contributed by atoms with van der Waals surface area (Å²) in [5, 5.41) is 3.08. The summed E-state index contributed by atoms with van der Waals surface area (Å²) < 4.78 is 25.9. The lowest BCUT2D eigenvalue weighted by Crippen LogP contribution is -2.46. The van der Waals surface area contributed by atoms with Crippen LogP contribution in [0.4, 0.5) is 5.69 Å². The fourth-order valence-electron chi connectivity index (χ4n) is 3.77. The number of rotatable bonds is 8. The molecule has 0 fully saturated rings. The van der Waals surface area contributed by atoms with Crippen LogP contribution < -0.4 is 9.62 Å². The summed E-state index contributed by atoms with van der Waals surface area (Å²) in [5.74, 6) is -0.0434. The Labute approximate surface area is 165 Å². The zero-order chi connectivity index (χ0) is 21.0. The number of carbonyl (C=O) groups is 1. The summed E-state index contributed by atoms with van der Waals surface area (Å²) in [5.41, 5.74) is 2.51. The van der Waals surface area contributed by atoms with Gasteiger partial charge in [0.25, 0.3) is 0 Å². The number of anilines is 1. The highest BCUT2D eigenvalue weighted by molar-refractivity contribution is 7.92. The molecule has 1 aromatic rings. The predicted molar refractivity (Wildman–Crippen MR) is 114 cm³/mol. The van der Waals surface area contributed by atoms with Crippen molar-refractivity contribution in [2.45, 2.75) is 73.3 Å². The van der Waals surface area contributed by atoms with Gasteiger partial charge in [0.2, 0.25) is 15.9 Å². The lowest BCUT2D eigenvalue weighted by atomic mass is 9.82. The molecule has 27 heavy (non-hydrogen) atoms. The van der Waals surface area contributed by atoms with E-state index in [9.17, 15) is 13.2 Å². The van der Waals surface area contributed by atoms with Gasteiger partial charge in [-0.25, -0.2) is 8.42 Å². The second-order valence-electron chi connectivity index (χ2n) is 9.45. The van der Waals surface area contributed by atoms with Crippen molar-refractivity contribution in [1.82, 2.24) is 5.32 Å². The Bertz CT molecular complexity index is 742. The smallest absolute Gasteiger partial charge is 0.232 e. The predicted octanol–water partition coefficient (Wildman–Crippen LogP) is 4.18. The summed E-state index contributed by atoms with van der Waals surface area (Å²) in [6.45, 7) is 14.7. The number of benzene rings is 1. The van der Waals surface area contributed by atoms with Crippen molar-refractivity contribution in [3.05, 3.63) is 29.3 Å². The molecule has 0 aliphatic heterocycles. The van der Waals surface area contributed by atoms with Crippen LogP contribution in [0.1, 0.15) is 65.0 Å². The van der Waals surface area contributed by atoms with Gasteiger partial charge in [-0.1, -0.05) is 26.8 Å². The first kappa shape index (κ1) is 23.5. The molecule has 6 heteroatoms. The topological polar surface area (TPSA) is 66.5 Å². The van der Waals surface area contributed by atoms with E-state index in [1.165, 1.54) is 10.6 Å². The van der Waals surface area contributed by atoms with E-state index < -0.39 is 10.0 Å². The standard InChI is InChI=1S/C21H36N2O3S/c1-16-12-17(2)14-18(13-16)23(27(8,25)26)11-9-10-19(24)22-21(6,7)15-20(3,4)5/h12-14H,9-11,15H2,1-8H3,(H,22,24). The molecule has 154 valence electrons. The van der Waals surface area contributed by atoms with Gasteiger partial charge in [0.05, 0.1) is 11.9 Å². The highest BCUT2D eigenvalue weighted by atomic mass is 32.2. The quantitative estimate of drug-likeness (QED) is 0.717. The fraction of sp³-hybridized carbons (Fsp3) is 0.667. The first-order valence-corrected chi connectivity index (χ1v) is 11.3. The molecule has 0 atom stereocenters. The minimum absolute atomic E-state index is 0.0434. The molecule has 0 spiro atoms. The number of nitrogens with one attached hydrogen (secondary N) is 1. The van der Waals surface area contributed by atoms with Crippen molar-refractivity contribution in [1.29, 1.82) is 0 Å². The lowest BCUT2D eigenvalue weighted by molar-refractivity contribution is -0.123. The highest BCUT2D eigenvalue weighted by Gasteiger charge is 2.27. The average molecular weight is 397 g/mol. The van der Waals surface area contributed by atoms with E-state index in [0.717, 1.165) is 17.5 Å². The monoisotopic (exact) mass is 396 g/mol. The molecule has 0 aliphatic carbocycles. The summed E-state index contributed by atoms with van der Waals surface area (Å²) >= 11 is 0. The number of amides is 1. The molecule has 0 heterocycles. The van der Waals surface area contributed by atoms with Crippen LogP contribution >= 0.6 is 0 Å². The largest absolute Gasteiger partial charge is 0.351 e. The second-order valence-corrected chi connectivity index (χ2v) is 11.4. The Hall–Kier alpha value is -1.56. The molecule has 5 nitrogen and oxygen atoms in total. The van der Waals surface area contributed by atoms with Gasteiger partial charge in [-0.2, -0.15) is 0 Å². The fourth-order valence-corrected chi connectivity index (χ4v) is 4.72. The molecule has 0 saturated carbocycles. The maximum Gasteiger partial charge on any atom is 0.232 e. The molecular formula is C21H36N2O3S. The van der Waals surface area contributed by atoms with E-state index in [1.807, 2.05) is 45.9 Å². The number of nitrogens with zero attached hydrogens (tertiary/aromatic N) is 1. The van der Waals surface area contributed by atoms with Crippen LogP contribution in [-0.2, 0) is 14.8 Å². The SMILES string of the molecule is Cc1cc(C)cc(N(CCCC(=O)NC(C)(C)CC(C)(C)C)S(C)(=O)=O)c1. The van der Waals surface area contributed by atoms with Gasteiger partial charge in [0.1, 0.15) is 0 Å². The minimum atomic E-state index is -3.41.